The second-order valence-electron chi connectivity index (χ2n) is 8.89. The van der Waals surface area contributed by atoms with E-state index in [1.54, 1.807) is 0 Å². The van der Waals surface area contributed by atoms with Crippen molar-refractivity contribution in [1.29, 1.82) is 0 Å². The molecule has 0 radical (unpaired) electrons. The summed E-state index contributed by atoms with van der Waals surface area (Å²) in [5, 5.41) is 4.44. The summed E-state index contributed by atoms with van der Waals surface area (Å²) in [7, 11) is 0. The molecule has 0 aromatic carbocycles. The molecule has 0 saturated heterocycles. The topological polar surface area (TPSA) is 0 Å². The average Bonchev–Trinajstić information content (AvgIpc) is 2.71. The summed E-state index contributed by atoms with van der Waals surface area (Å²) in [6.45, 7) is 21.0. The van der Waals surface area contributed by atoms with Gasteiger partial charge in [0, 0.05) is 0 Å². The second kappa shape index (κ2) is 23.9. The van der Waals surface area contributed by atoms with Crippen molar-refractivity contribution in [2.45, 2.75) is 117 Å². The quantitative estimate of drug-likeness (QED) is 0.320. The van der Waals surface area contributed by atoms with Crippen molar-refractivity contribution in [3.63, 3.8) is 0 Å². The molecule has 3 heteroatoms. The van der Waals surface area contributed by atoms with E-state index in [0.717, 1.165) is 35.5 Å². The van der Waals surface area contributed by atoms with Gasteiger partial charge in [0.05, 0.1) is 0 Å². The molecule has 0 aliphatic rings. The fourth-order valence-electron chi connectivity index (χ4n) is 4.28. The Hall–Kier alpha value is 1.60. The monoisotopic (exact) mass is 426 g/mol. The van der Waals surface area contributed by atoms with Gasteiger partial charge in [-0.1, -0.05) is 134 Å². The molecule has 3 atom stereocenters. The van der Waals surface area contributed by atoms with Crippen LogP contribution in [-0.2, 0) is 0 Å². The van der Waals surface area contributed by atoms with Gasteiger partial charge in [-0.3, -0.25) is 0 Å². The first-order valence-corrected chi connectivity index (χ1v) is 17.0. The minimum atomic E-state index is 0.992. The first-order chi connectivity index (χ1) is 12.8. The molecule has 0 rings (SSSR count). The van der Waals surface area contributed by atoms with Gasteiger partial charge < -0.3 is 0 Å². The molecule has 0 amide bonds. The smallest absolute Gasteiger partial charge is 0.0985 e. The van der Waals surface area contributed by atoms with Crippen molar-refractivity contribution in [1.82, 2.24) is 0 Å². The molecule has 0 aromatic rings. The summed E-state index contributed by atoms with van der Waals surface area (Å²) < 4.78 is 0. The van der Waals surface area contributed by atoms with Gasteiger partial charge in [0.1, 0.15) is 0 Å². The van der Waals surface area contributed by atoms with E-state index in [1.807, 2.05) is 0 Å². The van der Waals surface area contributed by atoms with Crippen LogP contribution in [0.1, 0.15) is 101 Å². The first kappa shape index (κ1) is 33.2. The molecule has 0 aliphatic carbocycles. The van der Waals surface area contributed by atoms with Crippen LogP contribution in [0, 0.1) is 35.5 Å². The highest BCUT2D eigenvalue weighted by Crippen LogP contribution is 2.22. The molecule has 0 spiro atoms. The van der Waals surface area contributed by atoms with Crippen LogP contribution in [0.3, 0.4) is 0 Å². The average molecular weight is 427 g/mol. The summed E-state index contributed by atoms with van der Waals surface area (Å²) in [4.78, 5) is 0. The Balaban J connectivity index is -0.000000320. The Morgan fingerprint density at radius 2 is 0.556 bits per heavy atom. The Morgan fingerprint density at radius 1 is 0.407 bits per heavy atom. The standard InChI is InChI=1S/3C8H17.3Al.6H/c3*1-5-8(6-2)7(3)4;;;;;;;;;/h3*7-8H,3,5-6H2,1-2,4H3;;;;;;;;;. The largest absolute Gasteiger partial charge is 0.212 e. The molecule has 162 valence electrons. The molecule has 0 nitrogen and oxygen atoms in total. The SMILES string of the molecule is CCC(CC)C(C)[CH2][AlH2].CCC(CC)C(C)[CH2][AlH2].CCC(CC)C(C)[CH2][AlH2]. The van der Waals surface area contributed by atoms with Crippen LogP contribution in [0.25, 0.3) is 0 Å². The van der Waals surface area contributed by atoms with Crippen LogP contribution in [-0.4, -0.2) is 48.9 Å². The molecule has 27 heavy (non-hydrogen) atoms. The van der Waals surface area contributed by atoms with Crippen molar-refractivity contribution in [2.75, 3.05) is 0 Å². The zero-order chi connectivity index (χ0) is 21.8. The van der Waals surface area contributed by atoms with E-state index < -0.39 is 0 Å². The zero-order valence-corrected chi connectivity index (χ0v) is 27.8. The highest BCUT2D eigenvalue weighted by atomic mass is 27.1. The van der Waals surface area contributed by atoms with Crippen molar-refractivity contribution in [3.8, 4) is 0 Å². The number of rotatable bonds is 12. The molecule has 0 N–H and O–H groups in total. The third-order valence-electron chi connectivity index (χ3n) is 7.49. The van der Waals surface area contributed by atoms with E-state index in [0.29, 0.717) is 0 Å². The molecule has 0 heterocycles. The van der Waals surface area contributed by atoms with Crippen LogP contribution < -0.4 is 0 Å². The summed E-state index contributed by atoms with van der Waals surface area (Å²) in [6, 6.07) is 0. The van der Waals surface area contributed by atoms with E-state index in [2.05, 4.69) is 62.3 Å². The fourth-order valence-corrected chi connectivity index (χ4v) is 6.28. The van der Waals surface area contributed by atoms with E-state index in [-0.39, 0.29) is 0 Å². The molecule has 3 unspecified atom stereocenters. The maximum atomic E-state index is 2.39. The van der Waals surface area contributed by atoms with Crippen LogP contribution in [0.2, 0.25) is 15.8 Å². The van der Waals surface area contributed by atoms with E-state index >= 15 is 0 Å². The number of hydrogen-bond acceptors (Lipinski definition) is 0. The van der Waals surface area contributed by atoms with Crippen LogP contribution in [0.4, 0.5) is 0 Å². The van der Waals surface area contributed by atoms with E-state index in [1.165, 1.54) is 103 Å². The third-order valence-corrected chi connectivity index (χ3v) is 11.4. The molecule has 0 bridgehead atoms. The maximum Gasteiger partial charge on any atom is 0.212 e. The highest BCUT2D eigenvalue weighted by molar-refractivity contribution is 6.09. The lowest BCUT2D eigenvalue weighted by atomic mass is 9.91. The lowest BCUT2D eigenvalue weighted by Crippen LogP contribution is -2.08. The maximum absolute atomic E-state index is 2.39. The molecular formula is C24H57Al3. The van der Waals surface area contributed by atoms with Gasteiger partial charge in [0.2, 0.25) is 48.9 Å². The Morgan fingerprint density at radius 3 is 0.593 bits per heavy atom. The van der Waals surface area contributed by atoms with Gasteiger partial charge in [0.15, 0.2) is 0 Å². The van der Waals surface area contributed by atoms with Gasteiger partial charge in [0.25, 0.3) is 0 Å². The predicted octanol–water partition coefficient (Wildman–Crippen LogP) is 6.33. The lowest BCUT2D eigenvalue weighted by Gasteiger charge is -2.18. The van der Waals surface area contributed by atoms with Gasteiger partial charge in [-0.2, -0.15) is 0 Å². The van der Waals surface area contributed by atoms with Crippen LogP contribution in [0.15, 0.2) is 0 Å². The Kier molecular flexibility index (Phi) is 29.4. The number of hydrogen-bond donors (Lipinski definition) is 0. The van der Waals surface area contributed by atoms with Gasteiger partial charge in [-0.05, 0) is 17.8 Å². The molecule has 0 fully saturated rings. The van der Waals surface area contributed by atoms with Crippen LogP contribution >= 0.6 is 0 Å². The summed E-state index contributed by atoms with van der Waals surface area (Å²) in [5.41, 5.74) is 0. The minimum Gasteiger partial charge on any atom is -0.0985 e. The highest BCUT2D eigenvalue weighted by Gasteiger charge is 2.11. The van der Waals surface area contributed by atoms with Gasteiger partial charge in [-0.25, -0.2) is 0 Å². The normalized spacial score (nSPS) is 14.2. The van der Waals surface area contributed by atoms with Crippen molar-refractivity contribution < 1.29 is 0 Å². The van der Waals surface area contributed by atoms with E-state index in [4.69, 9.17) is 0 Å². The lowest BCUT2D eigenvalue weighted by molar-refractivity contribution is 0.362. The zero-order valence-electron chi connectivity index (χ0n) is 21.8. The molecule has 0 aromatic heterocycles. The summed E-state index contributed by atoms with van der Waals surface area (Å²) in [5.74, 6) is 5.98. The van der Waals surface area contributed by atoms with Gasteiger partial charge in [-0.15, -0.1) is 0 Å². The van der Waals surface area contributed by atoms with Gasteiger partial charge >= 0.3 is 0 Å². The first-order valence-electron chi connectivity index (χ1n) is 12.8. The van der Waals surface area contributed by atoms with Crippen LogP contribution in [0.5, 0.6) is 0 Å². The predicted molar refractivity (Wildman–Crippen MR) is 140 cm³/mol. The minimum absolute atomic E-state index is 0.992. The molecular weight excluding hydrogens is 369 g/mol. The Bertz CT molecular complexity index is 216. The van der Waals surface area contributed by atoms with Crippen molar-refractivity contribution >= 4 is 48.9 Å². The van der Waals surface area contributed by atoms with Crippen molar-refractivity contribution in [3.05, 3.63) is 0 Å². The third kappa shape index (κ3) is 18.1. The van der Waals surface area contributed by atoms with E-state index in [9.17, 15) is 0 Å². The second-order valence-corrected chi connectivity index (χ2v) is 11.3. The Labute approximate surface area is 200 Å². The van der Waals surface area contributed by atoms with Crippen molar-refractivity contribution in [2.24, 2.45) is 35.5 Å². The molecule has 0 aliphatic heterocycles. The summed E-state index contributed by atoms with van der Waals surface area (Å²) >= 11 is 4.14. The molecule has 0 saturated carbocycles. The fraction of sp³-hybridized carbons (Fsp3) is 1.00. The summed E-state index contributed by atoms with van der Waals surface area (Å²) in [6.07, 6.45) is 8.25.